The van der Waals surface area contributed by atoms with Crippen LogP contribution >= 0.6 is 0 Å². The summed E-state index contributed by atoms with van der Waals surface area (Å²) in [6.45, 7) is 0. The molecule has 0 aromatic rings. The van der Waals surface area contributed by atoms with Crippen LogP contribution in [0.15, 0.2) is 0 Å². The number of ether oxygens (including phenoxy) is 2. The van der Waals surface area contributed by atoms with E-state index in [9.17, 15) is 8.42 Å². The van der Waals surface area contributed by atoms with Crippen molar-refractivity contribution in [2.24, 2.45) is 11.3 Å². The molecule has 2 heterocycles. The molecule has 4 aliphatic rings. The third kappa shape index (κ3) is 0.786. The van der Waals surface area contributed by atoms with Crippen LogP contribution in [0.25, 0.3) is 0 Å². The van der Waals surface area contributed by atoms with Crippen molar-refractivity contribution < 1.29 is 22.7 Å². The molecule has 4 rings (SSSR count). The van der Waals surface area contributed by atoms with Crippen LogP contribution in [0.2, 0.25) is 0 Å². The molecule has 0 aromatic heterocycles. The molecule has 2 saturated heterocycles. The fourth-order valence-electron chi connectivity index (χ4n) is 4.57. The maximum Gasteiger partial charge on any atom is 0.241 e. The molecule has 0 aromatic carbocycles. The number of rotatable bonds is 2. The van der Waals surface area contributed by atoms with E-state index in [4.69, 9.17) is 14.3 Å². The van der Waals surface area contributed by atoms with E-state index in [-0.39, 0.29) is 17.1 Å². The maximum absolute atomic E-state index is 12.0. The summed E-state index contributed by atoms with van der Waals surface area (Å²) in [4.78, 5) is 5.50. The molecule has 0 N–H and O–H groups in total. The number of methoxy groups -OCH3 is 2. The summed E-state index contributed by atoms with van der Waals surface area (Å²) in [6, 6.07) is 0. The highest BCUT2D eigenvalue weighted by atomic mass is 32.2. The quantitative estimate of drug-likeness (QED) is 0.519. The van der Waals surface area contributed by atoms with Gasteiger partial charge in [0.25, 0.3) is 0 Å². The van der Waals surface area contributed by atoms with E-state index >= 15 is 0 Å². The Hall–Kier alpha value is -0.210. The highest BCUT2D eigenvalue weighted by molar-refractivity contribution is 7.89. The molecule has 4 atom stereocenters. The minimum atomic E-state index is -3.30. The third-order valence-electron chi connectivity index (χ3n) is 5.09. The number of sulfonamides is 1. The summed E-state index contributed by atoms with van der Waals surface area (Å²) in [7, 11) is -0.170. The molecule has 17 heavy (non-hydrogen) atoms. The van der Waals surface area contributed by atoms with Gasteiger partial charge in [0.05, 0.1) is 5.75 Å². The van der Waals surface area contributed by atoms with Crippen molar-refractivity contribution in [3.05, 3.63) is 0 Å². The molecular weight excluding hydrogens is 246 g/mol. The van der Waals surface area contributed by atoms with Crippen LogP contribution in [-0.2, 0) is 24.3 Å². The molecule has 96 valence electrons. The van der Waals surface area contributed by atoms with Crippen molar-refractivity contribution in [1.29, 1.82) is 0 Å². The fraction of sp³-hybridized carbons (Fsp3) is 1.00. The lowest BCUT2D eigenvalue weighted by atomic mass is 9.77. The summed E-state index contributed by atoms with van der Waals surface area (Å²) >= 11 is 0. The van der Waals surface area contributed by atoms with E-state index in [0.29, 0.717) is 0 Å². The Morgan fingerprint density at radius 3 is 2.65 bits per heavy atom. The second-order valence-corrected chi connectivity index (χ2v) is 7.30. The number of hydroxylamine groups is 1. The van der Waals surface area contributed by atoms with Gasteiger partial charge in [-0.1, -0.05) is 0 Å². The first-order valence-corrected chi connectivity index (χ1v) is 7.41. The van der Waals surface area contributed by atoms with Crippen molar-refractivity contribution in [3.8, 4) is 0 Å². The molecule has 2 aliphatic heterocycles. The van der Waals surface area contributed by atoms with E-state index in [1.54, 1.807) is 14.2 Å². The van der Waals surface area contributed by atoms with Gasteiger partial charge in [-0.05, 0) is 23.7 Å². The Labute approximate surface area is 99.8 Å². The van der Waals surface area contributed by atoms with Crippen LogP contribution in [0, 0.1) is 11.3 Å². The van der Waals surface area contributed by atoms with E-state index in [1.807, 2.05) is 0 Å². The third-order valence-corrected chi connectivity index (χ3v) is 6.85. The molecule has 1 unspecified atom stereocenters. The number of fused-ring (bicyclic) bond motifs is 1. The molecule has 4 fully saturated rings. The van der Waals surface area contributed by atoms with Gasteiger partial charge >= 0.3 is 0 Å². The largest absolute Gasteiger partial charge is 0.349 e. The van der Waals surface area contributed by atoms with Crippen LogP contribution in [-0.4, -0.2) is 44.4 Å². The first kappa shape index (κ1) is 10.7. The van der Waals surface area contributed by atoms with E-state index < -0.39 is 21.5 Å². The Bertz CT molecular complexity index is 501. The SMILES string of the molecule is COC1(OC)[C@@H]2CC[C@]3(C2)CS(=O)(=O)N2O[C@]213. The van der Waals surface area contributed by atoms with Crippen molar-refractivity contribution in [1.82, 2.24) is 4.47 Å². The molecule has 6 nitrogen and oxygen atoms in total. The van der Waals surface area contributed by atoms with Gasteiger partial charge in [0, 0.05) is 25.6 Å². The van der Waals surface area contributed by atoms with Gasteiger partial charge in [-0.25, -0.2) is 13.3 Å². The van der Waals surface area contributed by atoms with Gasteiger partial charge in [0.15, 0.2) is 0 Å². The maximum atomic E-state index is 12.0. The summed E-state index contributed by atoms with van der Waals surface area (Å²) < 4.78 is 36.3. The molecule has 0 radical (unpaired) electrons. The van der Waals surface area contributed by atoms with Crippen LogP contribution in [0.1, 0.15) is 19.3 Å². The lowest BCUT2D eigenvalue weighted by Gasteiger charge is -2.40. The average molecular weight is 261 g/mol. The fourth-order valence-corrected chi connectivity index (χ4v) is 6.78. The van der Waals surface area contributed by atoms with Crippen LogP contribution in [0.4, 0.5) is 0 Å². The van der Waals surface area contributed by atoms with Crippen molar-refractivity contribution >= 4 is 10.0 Å². The first-order chi connectivity index (χ1) is 7.98. The zero-order valence-electron chi connectivity index (χ0n) is 9.80. The van der Waals surface area contributed by atoms with Gasteiger partial charge in [-0.2, -0.15) is 0 Å². The number of hydrogen-bond acceptors (Lipinski definition) is 5. The minimum Gasteiger partial charge on any atom is -0.349 e. The summed E-state index contributed by atoms with van der Waals surface area (Å²) in [6.07, 6.45) is 2.63. The lowest BCUT2D eigenvalue weighted by molar-refractivity contribution is -0.275. The molecule has 0 amide bonds. The minimum absolute atomic E-state index is 0.172. The zero-order valence-corrected chi connectivity index (χ0v) is 10.6. The smallest absolute Gasteiger partial charge is 0.241 e. The molecule has 2 spiro atoms. The number of nitrogens with zero attached hydrogens (tertiary/aromatic N) is 1. The predicted molar refractivity (Wildman–Crippen MR) is 56.0 cm³/mol. The number of hydrogen-bond donors (Lipinski definition) is 0. The second kappa shape index (κ2) is 2.55. The normalized spacial score (nSPS) is 55.6. The molecule has 2 saturated carbocycles. The molecule has 2 aliphatic carbocycles. The zero-order chi connectivity index (χ0) is 12.1. The van der Waals surface area contributed by atoms with Gasteiger partial charge < -0.3 is 9.47 Å². The van der Waals surface area contributed by atoms with Crippen LogP contribution < -0.4 is 0 Å². The van der Waals surface area contributed by atoms with Gasteiger partial charge in [-0.15, -0.1) is 0 Å². The molecule has 7 heteroatoms. The lowest BCUT2D eigenvalue weighted by Crippen LogP contribution is -2.56. The highest BCUT2D eigenvalue weighted by Crippen LogP contribution is 2.78. The summed E-state index contributed by atoms with van der Waals surface area (Å²) in [5.74, 6) is -0.530. The topological polar surface area (TPSA) is 68.1 Å². The van der Waals surface area contributed by atoms with Crippen molar-refractivity contribution in [2.45, 2.75) is 30.8 Å². The monoisotopic (exact) mass is 261 g/mol. The van der Waals surface area contributed by atoms with Crippen molar-refractivity contribution in [3.63, 3.8) is 0 Å². The Balaban J connectivity index is 1.95. The van der Waals surface area contributed by atoms with E-state index in [0.717, 1.165) is 23.7 Å². The van der Waals surface area contributed by atoms with Crippen LogP contribution in [0.3, 0.4) is 0 Å². The average Bonchev–Trinajstić information content (AvgIpc) is 2.79. The van der Waals surface area contributed by atoms with E-state index in [2.05, 4.69) is 0 Å². The summed E-state index contributed by atoms with van der Waals surface area (Å²) in [5, 5.41) is 0. The van der Waals surface area contributed by atoms with Crippen LogP contribution in [0.5, 0.6) is 0 Å². The Kier molecular flexibility index (Phi) is 1.60. The first-order valence-electron chi connectivity index (χ1n) is 5.81. The van der Waals surface area contributed by atoms with Gasteiger partial charge in [0.1, 0.15) is 0 Å². The standard InChI is InChI=1S/C10H15NO5S/c1-14-9(15-2)7-3-4-8(5-7)6-17(12,13)11-10(8,9)16-11/h7H,3-6H2,1-2H3/t7-,8+,10+,11?/m1/s1. The molecular formula is C10H15NO5S. The Morgan fingerprint density at radius 2 is 2.06 bits per heavy atom. The predicted octanol–water partition coefficient (Wildman–Crippen LogP) is 0.0625. The van der Waals surface area contributed by atoms with Gasteiger partial charge in [0.2, 0.25) is 21.5 Å². The Morgan fingerprint density at radius 1 is 1.35 bits per heavy atom. The van der Waals surface area contributed by atoms with Crippen molar-refractivity contribution in [2.75, 3.05) is 20.0 Å². The highest BCUT2D eigenvalue weighted by Gasteiger charge is 2.94. The summed E-state index contributed by atoms with van der Waals surface area (Å²) in [5.41, 5.74) is -1.21. The van der Waals surface area contributed by atoms with E-state index in [1.165, 1.54) is 0 Å². The second-order valence-electron chi connectivity index (χ2n) is 5.51. The molecule has 2 bridgehead atoms. The van der Waals surface area contributed by atoms with Gasteiger partial charge in [-0.3, -0.25) is 0 Å².